The van der Waals surface area contributed by atoms with Crippen molar-refractivity contribution in [3.8, 4) is 0 Å². The van der Waals surface area contributed by atoms with E-state index in [0.717, 1.165) is 44.1 Å². The van der Waals surface area contributed by atoms with E-state index in [4.69, 9.17) is 0 Å². The topological polar surface area (TPSA) is 102 Å². The van der Waals surface area contributed by atoms with Crippen molar-refractivity contribution in [1.29, 1.82) is 0 Å². The molecule has 1 atom stereocenters. The Morgan fingerprint density at radius 2 is 1.90 bits per heavy atom. The molecule has 2 aromatic rings. The lowest BCUT2D eigenvalue weighted by Crippen LogP contribution is -2.32. The monoisotopic (exact) mass is 447 g/mol. The van der Waals surface area contributed by atoms with Gasteiger partial charge in [0, 0.05) is 45.5 Å². The second-order valence-corrected chi connectivity index (χ2v) is 10.5. The van der Waals surface area contributed by atoms with Crippen molar-refractivity contribution >= 4 is 21.4 Å². The number of benzene rings is 1. The number of anilines is 1. The van der Waals surface area contributed by atoms with Gasteiger partial charge in [0.05, 0.1) is 16.0 Å². The Balaban J connectivity index is 1.54. The van der Waals surface area contributed by atoms with Crippen molar-refractivity contribution in [1.82, 2.24) is 14.1 Å². The zero-order chi connectivity index (χ0) is 22.0. The van der Waals surface area contributed by atoms with Crippen LogP contribution in [0.3, 0.4) is 0 Å². The Kier molecular flexibility index (Phi) is 6.29. The second-order valence-electron chi connectivity index (χ2n) is 8.55. The molecule has 0 N–H and O–H groups in total. The lowest BCUT2D eigenvalue weighted by molar-refractivity contribution is -0.384. The van der Waals surface area contributed by atoms with E-state index in [1.54, 1.807) is 10.7 Å². The number of aryl methyl sites for hydroxylation is 1. The van der Waals surface area contributed by atoms with Gasteiger partial charge >= 0.3 is 0 Å². The normalized spacial score (nSPS) is 20.7. The highest BCUT2D eigenvalue weighted by molar-refractivity contribution is 7.89. The summed E-state index contributed by atoms with van der Waals surface area (Å²) in [5.41, 5.74) is 1.51. The van der Waals surface area contributed by atoms with E-state index in [2.05, 4.69) is 5.10 Å². The summed E-state index contributed by atoms with van der Waals surface area (Å²) in [6.45, 7) is 2.36. The Labute approximate surface area is 182 Å². The molecule has 0 saturated carbocycles. The van der Waals surface area contributed by atoms with Gasteiger partial charge in [0.25, 0.3) is 5.69 Å². The molecule has 2 saturated heterocycles. The molecule has 0 radical (unpaired) electrons. The maximum atomic E-state index is 13.1. The maximum absolute atomic E-state index is 13.1. The van der Waals surface area contributed by atoms with Crippen LogP contribution in [0, 0.1) is 16.0 Å². The Bertz CT molecular complexity index is 1040. The number of hydrogen-bond donors (Lipinski definition) is 0. The molecule has 1 aromatic heterocycles. The molecule has 2 fully saturated rings. The van der Waals surface area contributed by atoms with Crippen LogP contribution in [0.4, 0.5) is 11.4 Å². The summed E-state index contributed by atoms with van der Waals surface area (Å²) < 4.78 is 29.4. The standard InChI is InChI=1S/C21H29N5O4S/c1-23-15-18(14-22-23)12-17-8-11-24(16-17)20-7-6-19(13-21(20)26(27)28)31(29,30)25-9-4-2-3-5-10-25/h6-7,13-15,17H,2-5,8-12,16H2,1H3. The fraction of sp³-hybridized carbons (Fsp3) is 0.571. The van der Waals surface area contributed by atoms with E-state index in [0.29, 0.717) is 37.8 Å². The van der Waals surface area contributed by atoms with Gasteiger partial charge in [-0.3, -0.25) is 14.8 Å². The number of nitrogens with zero attached hydrogens (tertiary/aromatic N) is 5. The molecule has 9 nitrogen and oxygen atoms in total. The lowest BCUT2D eigenvalue weighted by Gasteiger charge is -2.22. The third kappa shape index (κ3) is 4.74. The van der Waals surface area contributed by atoms with Crippen molar-refractivity contribution < 1.29 is 13.3 Å². The van der Waals surface area contributed by atoms with Gasteiger partial charge in [-0.25, -0.2) is 8.42 Å². The Hall–Kier alpha value is -2.46. The first-order valence-corrected chi connectivity index (χ1v) is 12.3. The van der Waals surface area contributed by atoms with Gasteiger partial charge in [0.15, 0.2) is 0 Å². The molecule has 0 amide bonds. The van der Waals surface area contributed by atoms with Crippen LogP contribution in [-0.2, 0) is 23.5 Å². The molecule has 3 heterocycles. The lowest BCUT2D eigenvalue weighted by atomic mass is 10.0. The predicted molar refractivity (Wildman–Crippen MR) is 118 cm³/mol. The molecule has 1 unspecified atom stereocenters. The molecule has 2 aliphatic rings. The Morgan fingerprint density at radius 1 is 1.16 bits per heavy atom. The van der Waals surface area contributed by atoms with E-state index >= 15 is 0 Å². The summed E-state index contributed by atoms with van der Waals surface area (Å²) in [7, 11) is -1.85. The van der Waals surface area contributed by atoms with E-state index in [1.165, 1.54) is 16.4 Å². The first-order valence-electron chi connectivity index (χ1n) is 10.9. The minimum Gasteiger partial charge on any atom is -0.366 e. The van der Waals surface area contributed by atoms with Crippen molar-refractivity contribution in [2.24, 2.45) is 13.0 Å². The van der Waals surface area contributed by atoms with Crippen LogP contribution >= 0.6 is 0 Å². The summed E-state index contributed by atoms with van der Waals surface area (Å²) in [6, 6.07) is 4.37. The summed E-state index contributed by atoms with van der Waals surface area (Å²) >= 11 is 0. The quantitative estimate of drug-likeness (QED) is 0.498. The largest absolute Gasteiger partial charge is 0.366 e. The van der Waals surface area contributed by atoms with Gasteiger partial charge in [-0.2, -0.15) is 9.40 Å². The van der Waals surface area contributed by atoms with Crippen LogP contribution in [0.2, 0.25) is 0 Å². The van der Waals surface area contributed by atoms with Crippen molar-refractivity contribution in [3.63, 3.8) is 0 Å². The second kappa shape index (κ2) is 8.96. The van der Waals surface area contributed by atoms with Crippen molar-refractivity contribution in [2.45, 2.75) is 43.4 Å². The van der Waals surface area contributed by atoms with E-state index in [-0.39, 0.29) is 10.6 Å². The SMILES string of the molecule is Cn1cc(CC2CCN(c3ccc(S(=O)(=O)N4CCCCCC4)cc3[N+](=O)[O-])C2)cn1. The maximum Gasteiger partial charge on any atom is 0.293 e. The molecular weight excluding hydrogens is 418 g/mol. The molecule has 31 heavy (non-hydrogen) atoms. The van der Waals surface area contributed by atoms with E-state index < -0.39 is 14.9 Å². The molecular formula is C21H29N5O4S. The number of nitro benzene ring substituents is 1. The van der Waals surface area contributed by atoms with Gasteiger partial charge < -0.3 is 4.90 Å². The number of sulfonamides is 1. The third-order valence-electron chi connectivity index (χ3n) is 6.26. The van der Waals surface area contributed by atoms with Gasteiger partial charge in [0.1, 0.15) is 5.69 Å². The van der Waals surface area contributed by atoms with Crippen LogP contribution < -0.4 is 4.90 Å². The molecule has 0 spiro atoms. The smallest absolute Gasteiger partial charge is 0.293 e. The van der Waals surface area contributed by atoms with E-state index in [9.17, 15) is 18.5 Å². The van der Waals surface area contributed by atoms with Gasteiger partial charge in [-0.05, 0) is 49.3 Å². The molecule has 168 valence electrons. The average molecular weight is 448 g/mol. The molecule has 10 heteroatoms. The highest BCUT2D eigenvalue weighted by Gasteiger charge is 2.31. The highest BCUT2D eigenvalue weighted by Crippen LogP contribution is 2.35. The predicted octanol–water partition coefficient (Wildman–Crippen LogP) is 2.96. The Morgan fingerprint density at radius 3 is 2.55 bits per heavy atom. The number of nitro groups is 1. The van der Waals surface area contributed by atoms with Gasteiger partial charge in [-0.1, -0.05) is 12.8 Å². The number of rotatable bonds is 6. The minimum atomic E-state index is -3.73. The van der Waals surface area contributed by atoms with Crippen LogP contribution in [0.25, 0.3) is 0 Å². The summed E-state index contributed by atoms with van der Waals surface area (Å²) in [5.74, 6) is 0.379. The van der Waals surface area contributed by atoms with Crippen molar-refractivity contribution in [3.05, 3.63) is 46.3 Å². The minimum absolute atomic E-state index is 0.0101. The van der Waals surface area contributed by atoms with Crippen LogP contribution in [0.5, 0.6) is 0 Å². The first-order chi connectivity index (χ1) is 14.8. The van der Waals surface area contributed by atoms with Crippen LogP contribution in [0.15, 0.2) is 35.5 Å². The third-order valence-corrected chi connectivity index (χ3v) is 8.15. The number of hydrogen-bond acceptors (Lipinski definition) is 6. The highest BCUT2D eigenvalue weighted by atomic mass is 32.2. The summed E-state index contributed by atoms with van der Waals surface area (Å²) in [4.78, 5) is 13.4. The fourth-order valence-corrected chi connectivity index (χ4v) is 6.17. The summed E-state index contributed by atoms with van der Waals surface area (Å²) in [5, 5.41) is 16.0. The molecule has 2 aliphatic heterocycles. The molecule has 0 aliphatic carbocycles. The molecule has 0 bridgehead atoms. The van der Waals surface area contributed by atoms with Gasteiger partial charge in [-0.15, -0.1) is 0 Å². The fourth-order valence-electron chi connectivity index (χ4n) is 4.64. The first kappa shape index (κ1) is 21.8. The number of aromatic nitrogens is 2. The zero-order valence-electron chi connectivity index (χ0n) is 17.8. The average Bonchev–Trinajstić information content (AvgIpc) is 3.26. The van der Waals surface area contributed by atoms with E-state index in [1.807, 2.05) is 24.3 Å². The van der Waals surface area contributed by atoms with Crippen LogP contribution in [0.1, 0.15) is 37.7 Å². The van der Waals surface area contributed by atoms with Gasteiger partial charge in [0.2, 0.25) is 10.0 Å². The zero-order valence-corrected chi connectivity index (χ0v) is 18.6. The molecule has 4 rings (SSSR count). The molecule has 1 aromatic carbocycles. The van der Waals surface area contributed by atoms with Crippen molar-refractivity contribution in [2.75, 3.05) is 31.1 Å². The summed E-state index contributed by atoms with van der Waals surface area (Å²) in [6.07, 6.45) is 9.33. The van der Waals surface area contributed by atoms with Crippen LogP contribution in [-0.4, -0.2) is 53.6 Å².